The molecule has 1 heterocycles. The third-order valence-electron chi connectivity index (χ3n) is 2.33. The van der Waals surface area contributed by atoms with Crippen molar-refractivity contribution < 1.29 is 80.1 Å². The molecule has 1 saturated heterocycles. The van der Waals surface area contributed by atoms with E-state index in [-0.39, 0.29) is 36.5 Å². The van der Waals surface area contributed by atoms with Crippen LogP contribution in [-0.2, 0) is 18.9 Å². The zero-order valence-corrected chi connectivity index (χ0v) is 12.0. The van der Waals surface area contributed by atoms with Gasteiger partial charge < -0.3 is 9.99 Å². The molecule has 5 nitrogen and oxygen atoms in total. The average molecular weight is 324 g/mol. The molecule has 0 amide bonds. The molecular weight excluding hydrogens is 321 g/mol. The van der Waals surface area contributed by atoms with E-state index in [9.17, 15) is 36.4 Å². The molecule has 0 saturated carbocycles. The standard InChI is InChI=1S/C6H4F6O5S.Na/c1-3(18-17-16-14)2(13)15-4(3,5(7,8)9)6(10,11)12;/h14H,1H3;/q;+1/p-1. The van der Waals surface area contributed by atoms with Gasteiger partial charge in [0, 0.05) is 0 Å². The molecule has 0 aliphatic carbocycles. The Balaban J connectivity index is 0.00000324. The van der Waals surface area contributed by atoms with Crippen molar-refractivity contribution in [2.24, 2.45) is 0 Å². The van der Waals surface area contributed by atoms with E-state index in [0.717, 1.165) is 0 Å². The number of ether oxygens (including phenoxy) is 1. The smallest absolute Gasteiger partial charge is 0.691 e. The van der Waals surface area contributed by atoms with E-state index >= 15 is 0 Å². The number of cyclic esters (lactones) is 1. The molecule has 1 atom stereocenters. The quantitative estimate of drug-likeness (QED) is 0.150. The first-order chi connectivity index (χ1) is 7.94. The second kappa shape index (κ2) is 5.58. The van der Waals surface area contributed by atoms with Crippen LogP contribution in [0.2, 0.25) is 0 Å². The van der Waals surface area contributed by atoms with Crippen LogP contribution >= 0.6 is 12.0 Å². The Hall–Kier alpha value is 0.280. The first-order valence-electron chi connectivity index (χ1n) is 3.95. The number of carbonyl (C=O) groups is 1. The molecule has 0 aromatic carbocycles. The molecule has 1 aliphatic rings. The summed E-state index contributed by atoms with van der Waals surface area (Å²) in [5.41, 5.74) is -4.76. The van der Waals surface area contributed by atoms with Gasteiger partial charge in [0.05, 0.1) is 12.0 Å². The molecule has 13 heteroatoms. The van der Waals surface area contributed by atoms with Crippen LogP contribution in [0.15, 0.2) is 0 Å². The third-order valence-corrected chi connectivity index (χ3v) is 3.25. The molecule has 1 rings (SSSR count). The number of hydrogen-bond donors (Lipinski definition) is 0. The Bertz CT molecular complexity index is 345. The predicted molar refractivity (Wildman–Crippen MR) is 39.1 cm³/mol. The summed E-state index contributed by atoms with van der Waals surface area (Å²) in [5.74, 6) is -1.83. The van der Waals surface area contributed by atoms with Crippen molar-refractivity contribution in [2.45, 2.75) is 29.6 Å². The number of esters is 1. The van der Waals surface area contributed by atoms with Crippen LogP contribution in [0.1, 0.15) is 6.92 Å². The van der Waals surface area contributed by atoms with E-state index < -0.39 is 40.7 Å². The number of carbonyl (C=O) groups excluding carboxylic acids is 1. The summed E-state index contributed by atoms with van der Waals surface area (Å²) in [7, 11) is 0. The van der Waals surface area contributed by atoms with E-state index in [1.165, 1.54) is 0 Å². The van der Waals surface area contributed by atoms with E-state index in [1.807, 2.05) is 0 Å². The minimum absolute atomic E-state index is 0. The molecule has 0 bridgehead atoms. The monoisotopic (exact) mass is 324 g/mol. The van der Waals surface area contributed by atoms with Crippen LogP contribution in [0.25, 0.3) is 0 Å². The zero-order valence-electron chi connectivity index (χ0n) is 9.22. The van der Waals surface area contributed by atoms with Gasteiger partial charge in [-0.3, -0.25) is 9.83 Å². The third kappa shape index (κ3) is 2.59. The molecule has 0 N–H and O–H groups in total. The number of halogens is 6. The topological polar surface area (TPSA) is 67.8 Å². The van der Waals surface area contributed by atoms with Crippen molar-refractivity contribution in [3.8, 4) is 0 Å². The van der Waals surface area contributed by atoms with E-state index in [0.29, 0.717) is 0 Å². The fourth-order valence-electron chi connectivity index (χ4n) is 1.42. The van der Waals surface area contributed by atoms with Crippen LogP contribution in [-0.4, -0.2) is 28.7 Å². The normalized spacial score (nSPS) is 26.2. The van der Waals surface area contributed by atoms with Gasteiger partial charge in [0.15, 0.2) is 4.75 Å². The molecule has 0 aromatic heterocycles. The molecule has 0 spiro atoms. The summed E-state index contributed by atoms with van der Waals surface area (Å²) in [5, 5.41) is 12.1. The Labute approximate surface area is 127 Å². The van der Waals surface area contributed by atoms with Crippen LogP contribution < -0.4 is 34.8 Å². The number of hydrogen-bond acceptors (Lipinski definition) is 6. The summed E-state index contributed by atoms with van der Waals surface area (Å²) in [4.78, 5) is 10.9. The second-order valence-corrected chi connectivity index (χ2v) is 4.44. The van der Waals surface area contributed by atoms with Gasteiger partial charge in [-0.25, -0.2) is 0 Å². The molecule has 0 radical (unpaired) electrons. The van der Waals surface area contributed by atoms with Crippen molar-refractivity contribution in [3.63, 3.8) is 0 Å². The van der Waals surface area contributed by atoms with Gasteiger partial charge in [-0.2, -0.15) is 30.7 Å². The molecule has 106 valence electrons. The van der Waals surface area contributed by atoms with E-state index in [2.05, 4.69) is 14.1 Å². The predicted octanol–water partition coefficient (Wildman–Crippen LogP) is -1.96. The Morgan fingerprint density at radius 2 is 1.63 bits per heavy atom. The summed E-state index contributed by atoms with van der Waals surface area (Å²) < 4.78 is 78.9. The summed E-state index contributed by atoms with van der Waals surface area (Å²) in [6.07, 6.45) is -11.9. The molecule has 1 aliphatic heterocycles. The van der Waals surface area contributed by atoms with E-state index in [1.54, 1.807) is 0 Å². The summed E-state index contributed by atoms with van der Waals surface area (Å²) >= 11 is -0.715. The summed E-state index contributed by atoms with van der Waals surface area (Å²) in [6.45, 7) is 0.281. The number of alkyl halides is 6. The minimum Gasteiger partial charge on any atom is -0.691 e. The van der Waals surface area contributed by atoms with Gasteiger partial charge in [0.1, 0.15) is 0 Å². The van der Waals surface area contributed by atoms with Gasteiger partial charge >= 0.3 is 53.5 Å². The Morgan fingerprint density at radius 3 is 1.89 bits per heavy atom. The molecular formula is C6H3F6NaO5S. The molecule has 1 fully saturated rings. The average Bonchev–Trinajstić information content (AvgIpc) is 2.18. The first-order valence-corrected chi connectivity index (χ1v) is 4.69. The van der Waals surface area contributed by atoms with Gasteiger partial charge in [0.2, 0.25) is 0 Å². The number of rotatable bonds is 3. The largest absolute Gasteiger partial charge is 1.00 e. The maximum absolute atomic E-state index is 12.6. The SMILES string of the molecule is CC1(SOO[O-])C(=O)OC1(C(F)(F)F)C(F)(F)F.[Na+]. The Kier molecular flexibility index (Phi) is 5.66. The van der Waals surface area contributed by atoms with E-state index in [4.69, 9.17) is 0 Å². The fourth-order valence-corrected chi connectivity index (χ4v) is 2.09. The van der Waals surface area contributed by atoms with Crippen molar-refractivity contribution in [3.05, 3.63) is 0 Å². The van der Waals surface area contributed by atoms with Gasteiger partial charge in [0.25, 0.3) is 0 Å². The maximum atomic E-state index is 12.6. The van der Waals surface area contributed by atoms with Crippen molar-refractivity contribution in [2.75, 3.05) is 0 Å². The van der Waals surface area contributed by atoms with Crippen molar-refractivity contribution >= 4 is 18.0 Å². The van der Waals surface area contributed by atoms with Crippen LogP contribution in [0.3, 0.4) is 0 Å². The maximum Gasteiger partial charge on any atom is 1.00 e. The zero-order chi connectivity index (χ0) is 14.4. The molecule has 19 heavy (non-hydrogen) atoms. The van der Waals surface area contributed by atoms with Crippen LogP contribution in [0.4, 0.5) is 26.3 Å². The van der Waals surface area contributed by atoms with Gasteiger partial charge in [-0.1, -0.05) is 0 Å². The second-order valence-electron chi connectivity index (χ2n) is 3.32. The van der Waals surface area contributed by atoms with Crippen molar-refractivity contribution in [1.82, 2.24) is 0 Å². The molecule has 1 unspecified atom stereocenters. The molecule has 0 aromatic rings. The van der Waals surface area contributed by atoms with Crippen molar-refractivity contribution in [1.29, 1.82) is 0 Å². The van der Waals surface area contributed by atoms with Gasteiger partial charge in [-0.15, -0.1) is 0 Å². The van der Waals surface area contributed by atoms with Gasteiger partial charge in [-0.05, 0) is 6.92 Å². The minimum atomic E-state index is -5.94. The van der Waals surface area contributed by atoms with Crippen LogP contribution in [0.5, 0.6) is 0 Å². The van der Waals surface area contributed by atoms with Crippen LogP contribution in [0, 0.1) is 0 Å². The summed E-state index contributed by atoms with van der Waals surface area (Å²) in [6, 6.07) is 0. The Morgan fingerprint density at radius 1 is 1.21 bits per heavy atom. The fraction of sp³-hybridized carbons (Fsp3) is 0.833. The first kappa shape index (κ1) is 19.3.